The molecule has 2 aromatic rings. The molecule has 2 rings (SSSR count). The topological polar surface area (TPSA) is 67.2 Å². The summed E-state index contributed by atoms with van der Waals surface area (Å²) in [5.74, 6) is -1.61. The van der Waals surface area contributed by atoms with Crippen molar-refractivity contribution in [2.45, 2.75) is 12.7 Å². The molecule has 2 N–H and O–H groups in total. The van der Waals surface area contributed by atoms with Gasteiger partial charge < -0.3 is 10.4 Å². The summed E-state index contributed by atoms with van der Waals surface area (Å²) in [4.78, 5) is 10.8. The van der Waals surface area contributed by atoms with Gasteiger partial charge in [0, 0.05) is 24.6 Å². The molecule has 5 nitrogen and oxygen atoms in total. The Balaban J connectivity index is 2.12. The lowest BCUT2D eigenvalue weighted by atomic mass is 10.1. The largest absolute Gasteiger partial charge is 0.478 e. The van der Waals surface area contributed by atoms with E-state index in [1.807, 2.05) is 0 Å². The summed E-state index contributed by atoms with van der Waals surface area (Å²) < 4.78 is 40.1. The molecule has 0 saturated heterocycles. The van der Waals surface area contributed by atoms with E-state index < -0.39 is 23.3 Å². The van der Waals surface area contributed by atoms with Gasteiger partial charge in [-0.1, -0.05) is 0 Å². The third kappa shape index (κ3) is 3.74. The summed E-state index contributed by atoms with van der Waals surface area (Å²) in [5.41, 5.74) is -1.72. The van der Waals surface area contributed by atoms with E-state index in [0.717, 1.165) is 12.1 Å². The Labute approximate surface area is 118 Å². The summed E-state index contributed by atoms with van der Waals surface area (Å²) in [6.45, 7) is 0.848. The number of hydrogen-bond acceptors (Lipinski definition) is 3. The van der Waals surface area contributed by atoms with Crippen molar-refractivity contribution in [2.75, 3.05) is 11.9 Å². The molecule has 0 fully saturated rings. The molecule has 0 aliphatic carbocycles. The number of nitrogens with zero attached hydrogens (tertiary/aromatic N) is 2. The fourth-order valence-corrected chi connectivity index (χ4v) is 1.82. The van der Waals surface area contributed by atoms with Crippen LogP contribution in [0, 0.1) is 0 Å². The van der Waals surface area contributed by atoms with Gasteiger partial charge in [0.25, 0.3) is 0 Å². The fraction of sp³-hybridized carbons (Fsp3) is 0.231. The molecular weight excluding hydrogens is 287 g/mol. The van der Waals surface area contributed by atoms with Gasteiger partial charge in [0.2, 0.25) is 0 Å². The van der Waals surface area contributed by atoms with E-state index >= 15 is 0 Å². The number of alkyl halides is 3. The van der Waals surface area contributed by atoms with Crippen molar-refractivity contribution in [1.82, 2.24) is 9.78 Å². The highest BCUT2D eigenvalue weighted by Crippen LogP contribution is 2.33. The molecule has 0 unspecified atom stereocenters. The Morgan fingerprint density at radius 1 is 1.38 bits per heavy atom. The minimum atomic E-state index is -4.71. The first-order chi connectivity index (χ1) is 9.88. The van der Waals surface area contributed by atoms with Crippen molar-refractivity contribution < 1.29 is 23.1 Å². The zero-order valence-electron chi connectivity index (χ0n) is 10.8. The Kier molecular flexibility index (Phi) is 4.15. The van der Waals surface area contributed by atoms with Crippen molar-refractivity contribution in [3.63, 3.8) is 0 Å². The maximum Gasteiger partial charge on any atom is 0.417 e. The first-order valence-corrected chi connectivity index (χ1v) is 6.04. The van der Waals surface area contributed by atoms with Crippen LogP contribution in [-0.4, -0.2) is 27.4 Å². The molecule has 112 valence electrons. The van der Waals surface area contributed by atoms with Crippen molar-refractivity contribution in [1.29, 1.82) is 0 Å². The number of carbonyl (C=O) groups is 1. The Morgan fingerprint density at radius 2 is 2.14 bits per heavy atom. The summed E-state index contributed by atoms with van der Waals surface area (Å²) in [6.07, 6.45) is -1.38. The second-order valence-electron chi connectivity index (χ2n) is 4.26. The van der Waals surface area contributed by atoms with E-state index in [4.69, 9.17) is 5.11 Å². The smallest absolute Gasteiger partial charge is 0.417 e. The van der Waals surface area contributed by atoms with Crippen LogP contribution < -0.4 is 5.32 Å². The van der Waals surface area contributed by atoms with Gasteiger partial charge in [-0.15, -0.1) is 0 Å². The number of anilines is 1. The molecule has 0 aliphatic heterocycles. The molecule has 0 radical (unpaired) electrons. The summed E-state index contributed by atoms with van der Waals surface area (Å²) in [6, 6.07) is 4.79. The van der Waals surface area contributed by atoms with Crippen LogP contribution >= 0.6 is 0 Å². The molecule has 1 aromatic heterocycles. The number of nitrogens with one attached hydrogen (secondary N) is 1. The number of benzene rings is 1. The van der Waals surface area contributed by atoms with Gasteiger partial charge in [-0.05, 0) is 24.3 Å². The lowest BCUT2D eigenvalue weighted by Crippen LogP contribution is -2.15. The van der Waals surface area contributed by atoms with Crippen LogP contribution in [0.2, 0.25) is 0 Å². The van der Waals surface area contributed by atoms with Crippen LogP contribution in [0.1, 0.15) is 15.9 Å². The van der Waals surface area contributed by atoms with Crippen molar-refractivity contribution in [3.8, 4) is 0 Å². The zero-order chi connectivity index (χ0) is 15.5. The fourth-order valence-electron chi connectivity index (χ4n) is 1.82. The number of carboxylic acids is 1. The summed E-state index contributed by atoms with van der Waals surface area (Å²) in [5, 5.41) is 15.6. The van der Waals surface area contributed by atoms with Crippen molar-refractivity contribution in [2.24, 2.45) is 0 Å². The first-order valence-electron chi connectivity index (χ1n) is 6.04. The van der Waals surface area contributed by atoms with E-state index in [2.05, 4.69) is 10.4 Å². The molecule has 21 heavy (non-hydrogen) atoms. The van der Waals surface area contributed by atoms with Crippen LogP contribution in [0.25, 0.3) is 0 Å². The van der Waals surface area contributed by atoms with E-state index in [0.29, 0.717) is 13.1 Å². The molecule has 0 aliphatic rings. The molecule has 1 heterocycles. The molecule has 8 heteroatoms. The predicted octanol–water partition coefficient (Wildman–Crippen LogP) is 2.71. The minimum absolute atomic E-state index is 0.208. The second kappa shape index (κ2) is 5.86. The molecule has 0 amide bonds. The Morgan fingerprint density at radius 3 is 2.71 bits per heavy atom. The first kappa shape index (κ1) is 14.9. The quantitative estimate of drug-likeness (QED) is 0.891. The number of carboxylic acid groups (broad SMARTS) is 1. The normalized spacial score (nSPS) is 11.4. The summed E-state index contributed by atoms with van der Waals surface area (Å²) >= 11 is 0. The van der Waals surface area contributed by atoms with E-state index in [9.17, 15) is 18.0 Å². The molecule has 1 aromatic carbocycles. The number of halogens is 3. The maximum absolute atomic E-state index is 12.8. The third-order valence-electron chi connectivity index (χ3n) is 2.78. The Bertz CT molecular complexity index is 624. The number of aromatic nitrogens is 2. The van der Waals surface area contributed by atoms with Crippen molar-refractivity contribution >= 4 is 11.7 Å². The van der Waals surface area contributed by atoms with Crippen LogP contribution in [0.5, 0.6) is 0 Å². The van der Waals surface area contributed by atoms with Gasteiger partial charge in [-0.25, -0.2) is 4.79 Å². The van der Waals surface area contributed by atoms with E-state index in [1.54, 1.807) is 23.1 Å². The van der Waals surface area contributed by atoms with Gasteiger partial charge in [0.1, 0.15) is 0 Å². The lowest BCUT2D eigenvalue weighted by Gasteiger charge is -2.13. The second-order valence-corrected chi connectivity index (χ2v) is 4.26. The molecule has 0 saturated carbocycles. The molecule has 0 atom stereocenters. The van der Waals surface area contributed by atoms with Crippen LogP contribution in [0.4, 0.5) is 18.9 Å². The molecular formula is C13H12F3N3O2. The van der Waals surface area contributed by atoms with Gasteiger partial charge in [0.15, 0.2) is 0 Å². The Hall–Kier alpha value is -2.51. The van der Waals surface area contributed by atoms with Crippen LogP contribution in [0.15, 0.2) is 36.7 Å². The molecule has 0 spiro atoms. The lowest BCUT2D eigenvalue weighted by molar-refractivity contribution is -0.138. The van der Waals surface area contributed by atoms with E-state index in [1.165, 1.54) is 6.07 Å². The highest BCUT2D eigenvalue weighted by atomic mass is 19.4. The SMILES string of the molecule is O=C(O)c1ccc(NCCn2cccn2)cc1C(F)(F)F. The van der Waals surface area contributed by atoms with Gasteiger partial charge in [-0.3, -0.25) is 4.68 Å². The van der Waals surface area contributed by atoms with E-state index in [-0.39, 0.29) is 5.69 Å². The highest BCUT2D eigenvalue weighted by molar-refractivity contribution is 5.90. The predicted molar refractivity (Wildman–Crippen MR) is 69.1 cm³/mol. The number of rotatable bonds is 5. The third-order valence-corrected chi connectivity index (χ3v) is 2.78. The van der Waals surface area contributed by atoms with Crippen molar-refractivity contribution in [3.05, 3.63) is 47.8 Å². The molecule has 0 bridgehead atoms. The highest BCUT2D eigenvalue weighted by Gasteiger charge is 2.35. The van der Waals surface area contributed by atoms with Gasteiger partial charge in [0.05, 0.1) is 17.7 Å². The van der Waals surface area contributed by atoms with Crippen LogP contribution in [0.3, 0.4) is 0 Å². The van der Waals surface area contributed by atoms with Crippen LogP contribution in [-0.2, 0) is 12.7 Å². The minimum Gasteiger partial charge on any atom is -0.478 e. The number of hydrogen-bond donors (Lipinski definition) is 2. The average Bonchev–Trinajstić information content (AvgIpc) is 2.90. The van der Waals surface area contributed by atoms with Gasteiger partial charge in [-0.2, -0.15) is 18.3 Å². The maximum atomic E-state index is 12.8. The summed E-state index contributed by atoms with van der Waals surface area (Å²) in [7, 11) is 0. The zero-order valence-corrected chi connectivity index (χ0v) is 10.8. The standard InChI is InChI=1S/C13H12F3N3O2/c14-13(15,16)11-8-9(2-3-10(11)12(20)21)17-5-7-19-6-1-4-18-19/h1-4,6,8,17H,5,7H2,(H,20,21). The monoisotopic (exact) mass is 299 g/mol. The van der Waals surface area contributed by atoms with Gasteiger partial charge >= 0.3 is 12.1 Å². The average molecular weight is 299 g/mol. The number of aromatic carboxylic acids is 1.